The molecule has 0 saturated carbocycles. The van der Waals surface area contributed by atoms with Crippen LogP contribution in [0.3, 0.4) is 0 Å². The largest absolute Gasteiger partial charge is 0.433 e. The molecule has 0 radical (unpaired) electrons. The maximum absolute atomic E-state index is 12.2. The van der Waals surface area contributed by atoms with Crippen molar-refractivity contribution >= 4 is 5.78 Å². The van der Waals surface area contributed by atoms with Gasteiger partial charge in [-0.3, -0.25) is 9.78 Å². The first-order valence-electron chi connectivity index (χ1n) is 5.66. The number of halogens is 3. The van der Waals surface area contributed by atoms with Gasteiger partial charge in [0.05, 0.1) is 6.61 Å². The quantitative estimate of drug-likeness (QED) is 0.716. The number of nitrogens with zero attached hydrogens (tertiary/aromatic N) is 1. The van der Waals surface area contributed by atoms with Crippen molar-refractivity contribution in [2.24, 2.45) is 0 Å². The molecule has 6 heteroatoms. The predicted octanol–water partition coefficient (Wildman–Crippen LogP) is 3.15. The molecule has 1 aromatic heterocycles. The Morgan fingerprint density at radius 3 is 2.68 bits per heavy atom. The minimum absolute atomic E-state index is 0.0605. The van der Waals surface area contributed by atoms with Crippen LogP contribution < -0.4 is 0 Å². The van der Waals surface area contributed by atoms with Crippen LogP contribution in [0.1, 0.15) is 24.1 Å². The number of hydrogen-bond donors (Lipinski definition) is 0. The van der Waals surface area contributed by atoms with Crippen molar-refractivity contribution in [3.63, 3.8) is 0 Å². The standard InChI is InChI=1S/C13H14F3NO2/c1-2-3-4-11(18)9-19-8-10-5-6-12(17-7-10)13(14,15)16/h2,5-7H,1,3-4,8-9H2. The SMILES string of the molecule is C=CCCC(=O)COCc1ccc(C(F)(F)F)nc1. The molecule has 0 fully saturated rings. The molecule has 0 atom stereocenters. The summed E-state index contributed by atoms with van der Waals surface area (Å²) in [5.41, 5.74) is -0.456. The zero-order valence-corrected chi connectivity index (χ0v) is 10.2. The van der Waals surface area contributed by atoms with Crippen LogP contribution in [-0.2, 0) is 22.3 Å². The van der Waals surface area contributed by atoms with E-state index in [0.29, 0.717) is 18.4 Å². The van der Waals surface area contributed by atoms with Crippen molar-refractivity contribution in [1.82, 2.24) is 4.98 Å². The van der Waals surface area contributed by atoms with Crippen molar-refractivity contribution in [2.75, 3.05) is 6.61 Å². The molecule has 0 saturated heterocycles. The summed E-state index contributed by atoms with van der Waals surface area (Å²) >= 11 is 0. The summed E-state index contributed by atoms with van der Waals surface area (Å²) in [5.74, 6) is -0.0697. The van der Waals surface area contributed by atoms with Crippen LogP contribution in [0.25, 0.3) is 0 Å². The highest BCUT2D eigenvalue weighted by atomic mass is 19.4. The topological polar surface area (TPSA) is 39.2 Å². The van der Waals surface area contributed by atoms with E-state index in [0.717, 1.165) is 12.3 Å². The third kappa shape index (κ3) is 5.65. The summed E-state index contributed by atoms with van der Waals surface area (Å²) in [5, 5.41) is 0. The molecule has 0 aliphatic carbocycles. The van der Waals surface area contributed by atoms with E-state index in [1.54, 1.807) is 6.08 Å². The summed E-state index contributed by atoms with van der Waals surface area (Å²) < 4.78 is 41.8. The first-order valence-corrected chi connectivity index (χ1v) is 5.66. The van der Waals surface area contributed by atoms with Gasteiger partial charge in [-0.25, -0.2) is 0 Å². The van der Waals surface area contributed by atoms with E-state index < -0.39 is 11.9 Å². The fraction of sp³-hybridized carbons (Fsp3) is 0.385. The Labute approximate surface area is 109 Å². The van der Waals surface area contributed by atoms with Crippen molar-refractivity contribution in [3.05, 3.63) is 42.2 Å². The molecule has 19 heavy (non-hydrogen) atoms. The maximum Gasteiger partial charge on any atom is 0.433 e. The molecule has 0 aliphatic heterocycles. The lowest BCUT2D eigenvalue weighted by atomic mass is 10.2. The number of rotatable bonds is 7. The number of alkyl halides is 3. The lowest BCUT2D eigenvalue weighted by Crippen LogP contribution is -2.10. The molecule has 1 heterocycles. The molecule has 1 rings (SSSR count). The van der Waals surface area contributed by atoms with E-state index in [-0.39, 0.29) is 19.0 Å². The number of aromatic nitrogens is 1. The van der Waals surface area contributed by atoms with Crippen molar-refractivity contribution in [2.45, 2.75) is 25.6 Å². The van der Waals surface area contributed by atoms with Gasteiger partial charge >= 0.3 is 6.18 Å². The fourth-order valence-electron chi connectivity index (χ4n) is 1.30. The first-order chi connectivity index (χ1) is 8.93. The van der Waals surface area contributed by atoms with Gasteiger partial charge in [0.25, 0.3) is 0 Å². The molecule has 0 amide bonds. The summed E-state index contributed by atoms with van der Waals surface area (Å²) in [6.07, 6.45) is -0.770. The normalized spacial score (nSPS) is 11.3. The molecule has 0 N–H and O–H groups in total. The van der Waals surface area contributed by atoms with Crippen molar-refractivity contribution in [3.8, 4) is 0 Å². The Morgan fingerprint density at radius 2 is 2.16 bits per heavy atom. The summed E-state index contributed by atoms with van der Waals surface area (Å²) in [6, 6.07) is 2.17. The third-order valence-electron chi connectivity index (χ3n) is 2.27. The number of Topliss-reactive ketones (excluding diaryl/α,β-unsaturated/α-hetero) is 1. The number of ether oxygens (including phenoxy) is 1. The van der Waals surface area contributed by atoms with Gasteiger partial charge < -0.3 is 4.74 Å². The minimum atomic E-state index is -4.44. The number of pyridine rings is 1. The average Bonchev–Trinajstić information content (AvgIpc) is 2.36. The molecular formula is C13H14F3NO2. The number of hydrogen-bond acceptors (Lipinski definition) is 3. The lowest BCUT2D eigenvalue weighted by Gasteiger charge is -2.07. The predicted molar refractivity (Wildman–Crippen MR) is 63.3 cm³/mol. The van der Waals surface area contributed by atoms with Crippen LogP contribution in [0.15, 0.2) is 31.0 Å². The van der Waals surface area contributed by atoms with Crippen LogP contribution >= 0.6 is 0 Å². The molecule has 0 spiro atoms. The van der Waals surface area contributed by atoms with Gasteiger partial charge in [-0.1, -0.05) is 12.1 Å². The molecule has 0 unspecified atom stereocenters. The molecule has 104 valence electrons. The van der Waals surface area contributed by atoms with E-state index in [1.807, 2.05) is 0 Å². The Hall–Kier alpha value is -1.69. The zero-order valence-electron chi connectivity index (χ0n) is 10.2. The Kier molecular flexibility index (Phi) is 5.69. The van der Waals surface area contributed by atoms with E-state index in [4.69, 9.17) is 4.74 Å². The van der Waals surface area contributed by atoms with Crippen LogP contribution in [0, 0.1) is 0 Å². The summed E-state index contributed by atoms with van der Waals surface area (Å²) in [4.78, 5) is 14.5. The number of carbonyl (C=O) groups excluding carboxylic acids is 1. The van der Waals surface area contributed by atoms with Crippen LogP contribution in [-0.4, -0.2) is 17.4 Å². The smallest absolute Gasteiger partial charge is 0.369 e. The van der Waals surface area contributed by atoms with Gasteiger partial charge in [-0.05, 0) is 18.1 Å². The monoisotopic (exact) mass is 273 g/mol. The van der Waals surface area contributed by atoms with E-state index in [1.165, 1.54) is 6.07 Å². The highest BCUT2D eigenvalue weighted by Crippen LogP contribution is 2.27. The summed E-state index contributed by atoms with van der Waals surface area (Å²) in [7, 11) is 0. The van der Waals surface area contributed by atoms with E-state index in [2.05, 4.69) is 11.6 Å². The van der Waals surface area contributed by atoms with Crippen LogP contribution in [0.2, 0.25) is 0 Å². The minimum Gasteiger partial charge on any atom is -0.369 e. The molecular weight excluding hydrogens is 259 g/mol. The van der Waals surface area contributed by atoms with E-state index in [9.17, 15) is 18.0 Å². The first kappa shape index (κ1) is 15.4. The van der Waals surface area contributed by atoms with E-state index >= 15 is 0 Å². The number of ketones is 1. The Morgan fingerprint density at radius 1 is 1.42 bits per heavy atom. The second kappa shape index (κ2) is 7.04. The zero-order chi connectivity index (χ0) is 14.3. The number of allylic oxidation sites excluding steroid dienone is 1. The number of carbonyl (C=O) groups is 1. The fourth-order valence-corrected chi connectivity index (χ4v) is 1.30. The molecule has 1 aromatic rings. The van der Waals surface area contributed by atoms with Crippen LogP contribution in [0.4, 0.5) is 13.2 Å². The molecule has 0 aliphatic rings. The van der Waals surface area contributed by atoms with Gasteiger partial charge in [0, 0.05) is 12.6 Å². The second-order valence-corrected chi connectivity index (χ2v) is 3.91. The van der Waals surface area contributed by atoms with Gasteiger partial charge in [0.2, 0.25) is 0 Å². The highest BCUT2D eigenvalue weighted by molar-refractivity contribution is 5.79. The van der Waals surface area contributed by atoms with Gasteiger partial charge in [0.15, 0.2) is 5.78 Å². The molecule has 0 bridgehead atoms. The average molecular weight is 273 g/mol. The molecule has 0 aromatic carbocycles. The van der Waals surface area contributed by atoms with Gasteiger partial charge in [-0.15, -0.1) is 6.58 Å². The summed E-state index contributed by atoms with van der Waals surface area (Å²) in [6.45, 7) is 3.50. The van der Waals surface area contributed by atoms with Crippen molar-refractivity contribution < 1.29 is 22.7 Å². The Bertz CT molecular complexity index is 427. The van der Waals surface area contributed by atoms with Gasteiger partial charge in [0.1, 0.15) is 12.3 Å². The van der Waals surface area contributed by atoms with Crippen LogP contribution in [0.5, 0.6) is 0 Å². The Balaban J connectivity index is 2.38. The third-order valence-corrected chi connectivity index (χ3v) is 2.27. The maximum atomic E-state index is 12.2. The lowest BCUT2D eigenvalue weighted by molar-refractivity contribution is -0.141. The highest BCUT2D eigenvalue weighted by Gasteiger charge is 2.31. The molecule has 3 nitrogen and oxygen atoms in total. The van der Waals surface area contributed by atoms with Crippen molar-refractivity contribution in [1.29, 1.82) is 0 Å². The van der Waals surface area contributed by atoms with Gasteiger partial charge in [-0.2, -0.15) is 13.2 Å². The second-order valence-electron chi connectivity index (χ2n) is 3.91.